The first-order valence-electron chi connectivity index (χ1n) is 5.97. The summed E-state index contributed by atoms with van der Waals surface area (Å²) in [7, 11) is 0. The van der Waals surface area contributed by atoms with Crippen LogP contribution in [0.5, 0.6) is 0 Å². The number of thioether (sulfide) groups is 1. The van der Waals surface area contributed by atoms with Crippen LogP contribution in [0.3, 0.4) is 0 Å². The maximum Gasteiger partial charge on any atom is 0.233 e. The minimum atomic E-state index is -0.0184. The summed E-state index contributed by atoms with van der Waals surface area (Å²) in [6.07, 6.45) is 1.66. The highest BCUT2D eigenvalue weighted by Crippen LogP contribution is 2.24. The molecule has 1 aromatic rings. The van der Waals surface area contributed by atoms with Crippen molar-refractivity contribution in [1.82, 2.24) is 5.32 Å². The molecule has 1 unspecified atom stereocenters. The molecule has 3 N–H and O–H groups in total. The second-order valence-corrected chi connectivity index (χ2v) is 5.04. The summed E-state index contributed by atoms with van der Waals surface area (Å²) in [6.45, 7) is 3.31. The fraction of sp³-hybridized carbons (Fsp3) is 0.462. The Kier molecular flexibility index (Phi) is 6.74. The summed E-state index contributed by atoms with van der Waals surface area (Å²) >= 11 is 1.61. The van der Waals surface area contributed by atoms with E-state index in [-0.39, 0.29) is 11.2 Å². The minimum Gasteiger partial charge on any atom is -0.355 e. The van der Waals surface area contributed by atoms with E-state index in [1.807, 2.05) is 37.3 Å². The fourth-order valence-electron chi connectivity index (χ4n) is 1.41. The van der Waals surface area contributed by atoms with E-state index >= 15 is 0 Å². The second-order valence-electron chi connectivity index (χ2n) is 3.76. The van der Waals surface area contributed by atoms with E-state index in [9.17, 15) is 4.79 Å². The monoisotopic (exact) mass is 252 g/mol. The van der Waals surface area contributed by atoms with Crippen LogP contribution in [-0.4, -0.2) is 24.2 Å². The van der Waals surface area contributed by atoms with Gasteiger partial charge in [-0.3, -0.25) is 4.79 Å². The van der Waals surface area contributed by atoms with Crippen LogP contribution in [-0.2, 0) is 4.79 Å². The van der Waals surface area contributed by atoms with Gasteiger partial charge >= 0.3 is 0 Å². The van der Waals surface area contributed by atoms with Crippen molar-refractivity contribution in [2.45, 2.75) is 29.9 Å². The molecule has 0 aliphatic carbocycles. The topological polar surface area (TPSA) is 55.1 Å². The molecule has 0 aromatic heterocycles. The third kappa shape index (κ3) is 5.24. The summed E-state index contributed by atoms with van der Waals surface area (Å²) in [6, 6.07) is 10.0. The van der Waals surface area contributed by atoms with E-state index in [4.69, 9.17) is 5.73 Å². The number of nitrogens with one attached hydrogen (secondary N) is 1. The molecule has 1 amide bonds. The van der Waals surface area contributed by atoms with Crippen LogP contribution in [0, 0.1) is 0 Å². The second kappa shape index (κ2) is 8.14. The Labute approximate surface area is 107 Å². The molecule has 0 spiro atoms. The molecule has 0 aliphatic heterocycles. The molecule has 0 aliphatic rings. The van der Waals surface area contributed by atoms with Gasteiger partial charge in [0.1, 0.15) is 0 Å². The van der Waals surface area contributed by atoms with Crippen molar-refractivity contribution in [3.63, 3.8) is 0 Å². The Balaban J connectivity index is 2.45. The average Bonchev–Trinajstić information content (AvgIpc) is 2.37. The maximum atomic E-state index is 11.9. The third-order valence-electron chi connectivity index (χ3n) is 2.36. The van der Waals surface area contributed by atoms with Gasteiger partial charge in [0.15, 0.2) is 0 Å². The molecule has 0 radical (unpaired) electrons. The van der Waals surface area contributed by atoms with Gasteiger partial charge in [-0.25, -0.2) is 0 Å². The standard InChI is InChI=1S/C13H20N2OS/c1-2-12(13(16)15-10-6-9-14)17-11-7-4-3-5-8-11/h3-5,7-8,12H,2,6,9-10,14H2,1H3,(H,15,16). The summed E-state index contributed by atoms with van der Waals surface area (Å²) in [5.74, 6) is 0.106. The molecule has 0 fully saturated rings. The van der Waals surface area contributed by atoms with Crippen LogP contribution in [0.25, 0.3) is 0 Å². The number of amides is 1. The molecule has 0 saturated heterocycles. The van der Waals surface area contributed by atoms with E-state index in [0.29, 0.717) is 13.1 Å². The number of carbonyl (C=O) groups excluding carboxylic acids is 1. The first kappa shape index (κ1) is 14.1. The lowest BCUT2D eigenvalue weighted by atomic mass is 10.3. The lowest BCUT2D eigenvalue weighted by Crippen LogP contribution is -2.33. The highest BCUT2D eigenvalue weighted by molar-refractivity contribution is 8.00. The molecule has 17 heavy (non-hydrogen) atoms. The number of benzene rings is 1. The third-order valence-corrected chi connectivity index (χ3v) is 3.74. The van der Waals surface area contributed by atoms with Crippen LogP contribution in [0.15, 0.2) is 35.2 Å². The van der Waals surface area contributed by atoms with Crippen molar-refractivity contribution in [3.05, 3.63) is 30.3 Å². The fourth-order valence-corrected chi connectivity index (χ4v) is 2.41. The van der Waals surface area contributed by atoms with Crippen LogP contribution in [0.2, 0.25) is 0 Å². The van der Waals surface area contributed by atoms with Crippen LogP contribution in [0.1, 0.15) is 19.8 Å². The molecule has 4 heteroatoms. The Morgan fingerprint density at radius 1 is 1.41 bits per heavy atom. The predicted octanol–water partition coefficient (Wildman–Crippen LogP) is 2.02. The number of carbonyl (C=O) groups is 1. The van der Waals surface area contributed by atoms with Gasteiger partial charge in [-0.2, -0.15) is 0 Å². The Morgan fingerprint density at radius 2 is 2.12 bits per heavy atom. The molecule has 0 bridgehead atoms. The molecule has 0 saturated carbocycles. The molecule has 1 rings (SSSR count). The van der Waals surface area contributed by atoms with Crippen molar-refractivity contribution in [3.8, 4) is 0 Å². The van der Waals surface area contributed by atoms with Crippen molar-refractivity contribution in [2.75, 3.05) is 13.1 Å². The Hall–Kier alpha value is -1.00. The van der Waals surface area contributed by atoms with Crippen molar-refractivity contribution in [1.29, 1.82) is 0 Å². The van der Waals surface area contributed by atoms with Crippen molar-refractivity contribution in [2.24, 2.45) is 5.73 Å². The Morgan fingerprint density at radius 3 is 2.71 bits per heavy atom. The Bertz CT molecular complexity index is 329. The van der Waals surface area contributed by atoms with Gasteiger partial charge in [-0.15, -0.1) is 11.8 Å². The molecule has 3 nitrogen and oxygen atoms in total. The zero-order valence-electron chi connectivity index (χ0n) is 10.2. The maximum absolute atomic E-state index is 11.9. The molecular formula is C13H20N2OS. The summed E-state index contributed by atoms with van der Waals surface area (Å²) in [4.78, 5) is 13.0. The predicted molar refractivity (Wildman–Crippen MR) is 73.1 cm³/mol. The highest BCUT2D eigenvalue weighted by Gasteiger charge is 2.16. The van der Waals surface area contributed by atoms with E-state index in [2.05, 4.69) is 5.32 Å². The van der Waals surface area contributed by atoms with E-state index < -0.39 is 0 Å². The number of rotatable bonds is 7. The van der Waals surface area contributed by atoms with Gasteiger partial charge in [0.2, 0.25) is 5.91 Å². The molecule has 1 atom stereocenters. The molecule has 94 valence electrons. The zero-order chi connectivity index (χ0) is 12.5. The van der Waals surface area contributed by atoms with Crippen LogP contribution < -0.4 is 11.1 Å². The van der Waals surface area contributed by atoms with Crippen molar-refractivity contribution >= 4 is 17.7 Å². The van der Waals surface area contributed by atoms with E-state index in [1.54, 1.807) is 11.8 Å². The van der Waals surface area contributed by atoms with Gasteiger partial charge in [0, 0.05) is 11.4 Å². The first-order chi connectivity index (χ1) is 8.27. The first-order valence-corrected chi connectivity index (χ1v) is 6.85. The lowest BCUT2D eigenvalue weighted by Gasteiger charge is -2.14. The normalized spacial score (nSPS) is 12.1. The quantitative estimate of drug-likeness (QED) is 0.576. The summed E-state index contributed by atoms with van der Waals surface area (Å²) < 4.78 is 0. The van der Waals surface area contributed by atoms with Crippen LogP contribution in [0.4, 0.5) is 0 Å². The van der Waals surface area contributed by atoms with Gasteiger partial charge in [0.25, 0.3) is 0 Å². The van der Waals surface area contributed by atoms with Gasteiger partial charge < -0.3 is 11.1 Å². The number of nitrogens with two attached hydrogens (primary N) is 1. The van der Waals surface area contributed by atoms with E-state index in [1.165, 1.54) is 0 Å². The highest BCUT2D eigenvalue weighted by atomic mass is 32.2. The number of hydrogen-bond donors (Lipinski definition) is 2. The van der Waals surface area contributed by atoms with Gasteiger partial charge in [-0.1, -0.05) is 25.1 Å². The van der Waals surface area contributed by atoms with Gasteiger partial charge in [0.05, 0.1) is 5.25 Å². The largest absolute Gasteiger partial charge is 0.355 e. The smallest absolute Gasteiger partial charge is 0.233 e. The minimum absolute atomic E-state index is 0.0184. The zero-order valence-corrected chi connectivity index (χ0v) is 11.0. The van der Waals surface area contributed by atoms with Gasteiger partial charge in [-0.05, 0) is 31.5 Å². The lowest BCUT2D eigenvalue weighted by molar-refractivity contribution is -0.120. The average molecular weight is 252 g/mol. The molecule has 1 aromatic carbocycles. The molecule has 0 heterocycles. The molecular weight excluding hydrogens is 232 g/mol. The van der Waals surface area contributed by atoms with Crippen LogP contribution >= 0.6 is 11.8 Å². The summed E-state index contributed by atoms with van der Waals surface area (Å²) in [5, 5.41) is 2.90. The number of hydrogen-bond acceptors (Lipinski definition) is 3. The summed E-state index contributed by atoms with van der Waals surface area (Å²) in [5.41, 5.74) is 5.39. The van der Waals surface area contributed by atoms with Crippen molar-refractivity contribution < 1.29 is 4.79 Å². The van der Waals surface area contributed by atoms with E-state index in [0.717, 1.165) is 17.7 Å². The SMILES string of the molecule is CCC(Sc1ccccc1)C(=O)NCCCN.